The standard InChI is InChI=1S/C17H21BrN2O/c1-3-9-20-17(15-7-5-6-8-16(15)18)13-10-14(21-4-2)12-19-11-13/h5-8,10-12,17,20H,3-4,9H2,1-2H3. The van der Waals surface area contributed by atoms with Crippen LogP contribution in [-0.2, 0) is 0 Å². The quantitative estimate of drug-likeness (QED) is 0.808. The molecule has 2 rings (SSSR count). The Labute approximate surface area is 134 Å². The molecule has 0 fully saturated rings. The molecule has 0 amide bonds. The minimum atomic E-state index is 0.105. The van der Waals surface area contributed by atoms with Gasteiger partial charge in [-0.1, -0.05) is 41.1 Å². The van der Waals surface area contributed by atoms with Gasteiger partial charge in [-0.3, -0.25) is 4.98 Å². The number of rotatable bonds is 7. The Bertz CT molecular complexity index is 574. The highest BCUT2D eigenvalue weighted by Crippen LogP contribution is 2.29. The zero-order chi connectivity index (χ0) is 15.1. The van der Waals surface area contributed by atoms with Crippen LogP contribution in [0.1, 0.15) is 37.4 Å². The average Bonchev–Trinajstić information content (AvgIpc) is 2.50. The summed E-state index contributed by atoms with van der Waals surface area (Å²) in [6.45, 7) is 5.74. The van der Waals surface area contributed by atoms with Gasteiger partial charge in [0.1, 0.15) is 5.75 Å². The first-order chi connectivity index (χ1) is 10.3. The molecule has 0 bridgehead atoms. The minimum absolute atomic E-state index is 0.105. The van der Waals surface area contributed by atoms with E-state index < -0.39 is 0 Å². The van der Waals surface area contributed by atoms with Crippen LogP contribution in [0.2, 0.25) is 0 Å². The second kappa shape index (κ2) is 8.15. The summed E-state index contributed by atoms with van der Waals surface area (Å²) in [5.74, 6) is 0.811. The van der Waals surface area contributed by atoms with Crippen LogP contribution in [0.3, 0.4) is 0 Å². The molecule has 1 N–H and O–H groups in total. The van der Waals surface area contributed by atoms with Gasteiger partial charge in [0.15, 0.2) is 0 Å². The van der Waals surface area contributed by atoms with Gasteiger partial charge in [0.05, 0.1) is 18.8 Å². The highest BCUT2D eigenvalue weighted by Gasteiger charge is 2.16. The normalized spacial score (nSPS) is 12.1. The molecule has 1 aromatic carbocycles. The van der Waals surface area contributed by atoms with Crippen LogP contribution < -0.4 is 10.1 Å². The lowest BCUT2D eigenvalue weighted by Crippen LogP contribution is -2.23. The predicted octanol–water partition coefficient (Wildman–Crippen LogP) is 4.33. The maximum atomic E-state index is 5.57. The van der Waals surface area contributed by atoms with Crippen LogP contribution in [0, 0.1) is 0 Å². The van der Waals surface area contributed by atoms with Crippen molar-refractivity contribution in [2.75, 3.05) is 13.2 Å². The Hall–Kier alpha value is -1.39. The fraction of sp³-hybridized carbons (Fsp3) is 0.353. The molecule has 1 aromatic heterocycles. The Balaban J connectivity index is 2.36. The Kier molecular flexibility index (Phi) is 6.21. The van der Waals surface area contributed by atoms with Crippen LogP contribution in [0.4, 0.5) is 0 Å². The molecule has 1 heterocycles. The lowest BCUT2D eigenvalue weighted by atomic mass is 10.00. The van der Waals surface area contributed by atoms with Crippen LogP contribution >= 0.6 is 15.9 Å². The Morgan fingerprint density at radius 1 is 1.24 bits per heavy atom. The van der Waals surface area contributed by atoms with Gasteiger partial charge in [0, 0.05) is 10.7 Å². The van der Waals surface area contributed by atoms with Crippen LogP contribution in [0.25, 0.3) is 0 Å². The Morgan fingerprint density at radius 2 is 2.05 bits per heavy atom. The number of pyridine rings is 1. The summed E-state index contributed by atoms with van der Waals surface area (Å²) in [5, 5.41) is 3.59. The monoisotopic (exact) mass is 348 g/mol. The maximum Gasteiger partial charge on any atom is 0.137 e. The molecule has 21 heavy (non-hydrogen) atoms. The summed E-state index contributed by atoms with van der Waals surface area (Å²) >= 11 is 3.64. The molecule has 0 aliphatic heterocycles. The van der Waals surface area contributed by atoms with Crippen molar-refractivity contribution < 1.29 is 4.74 Å². The smallest absolute Gasteiger partial charge is 0.137 e. The second-order valence-electron chi connectivity index (χ2n) is 4.80. The van der Waals surface area contributed by atoms with E-state index in [2.05, 4.69) is 57.4 Å². The Morgan fingerprint density at radius 3 is 2.76 bits per heavy atom. The van der Waals surface area contributed by atoms with Crippen molar-refractivity contribution in [1.82, 2.24) is 10.3 Å². The number of benzene rings is 1. The van der Waals surface area contributed by atoms with Crippen molar-refractivity contribution in [2.24, 2.45) is 0 Å². The summed E-state index contributed by atoms with van der Waals surface area (Å²) in [6.07, 6.45) is 4.73. The lowest BCUT2D eigenvalue weighted by molar-refractivity contribution is 0.338. The third-order valence-electron chi connectivity index (χ3n) is 3.19. The van der Waals surface area contributed by atoms with Gasteiger partial charge in [0.25, 0.3) is 0 Å². The van der Waals surface area contributed by atoms with Gasteiger partial charge in [-0.15, -0.1) is 0 Å². The molecule has 4 heteroatoms. The first-order valence-corrected chi connectivity index (χ1v) is 8.11. The number of halogens is 1. The summed E-state index contributed by atoms with van der Waals surface area (Å²) in [6, 6.07) is 10.4. The van der Waals surface area contributed by atoms with Crippen molar-refractivity contribution >= 4 is 15.9 Å². The first kappa shape index (κ1) is 16.0. The van der Waals surface area contributed by atoms with Gasteiger partial charge in [-0.2, -0.15) is 0 Å². The van der Waals surface area contributed by atoms with E-state index in [4.69, 9.17) is 4.74 Å². The van der Waals surface area contributed by atoms with Gasteiger partial charge in [0.2, 0.25) is 0 Å². The first-order valence-electron chi connectivity index (χ1n) is 7.31. The number of hydrogen-bond donors (Lipinski definition) is 1. The summed E-state index contributed by atoms with van der Waals surface area (Å²) in [4.78, 5) is 4.31. The van der Waals surface area contributed by atoms with E-state index >= 15 is 0 Å². The lowest BCUT2D eigenvalue weighted by Gasteiger charge is -2.21. The number of hydrogen-bond acceptors (Lipinski definition) is 3. The fourth-order valence-corrected chi connectivity index (χ4v) is 2.76. The molecular formula is C17H21BrN2O. The zero-order valence-corrected chi connectivity index (χ0v) is 14.1. The topological polar surface area (TPSA) is 34.2 Å². The highest BCUT2D eigenvalue weighted by atomic mass is 79.9. The summed E-state index contributed by atoms with van der Waals surface area (Å²) in [5.41, 5.74) is 2.32. The SMILES string of the molecule is CCCNC(c1cncc(OCC)c1)c1ccccc1Br. The van der Waals surface area contributed by atoms with Crippen molar-refractivity contribution in [3.63, 3.8) is 0 Å². The van der Waals surface area contributed by atoms with E-state index in [9.17, 15) is 0 Å². The second-order valence-corrected chi connectivity index (χ2v) is 5.65. The van der Waals surface area contributed by atoms with Gasteiger partial charge >= 0.3 is 0 Å². The number of nitrogens with one attached hydrogen (secondary N) is 1. The third-order valence-corrected chi connectivity index (χ3v) is 3.92. The fourth-order valence-electron chi connectivity index (χ4n) is 2.24. The summed E-state index contributed by atoms with van der Waals surface area (Å²) in [7, 11) is 0. The maximum absolute atomic E-state index is 5.57. The predicted molar refractivity (Wildman–Crippen MR) is 89.7 cm³/mol. The van der Waals surface area contributed by atoms with E-state index in [0.29, 0.717) is 6.61 Å². The van der Waals surface area contributed by atoms with E-state index in [1.807, 2.05) is 19.2 Å². The molecule has 0 spiro atoms. The molecule has 3 nitrogen and oxygen atoms in total. The van der Waals surface area contributed by atoms with E-state index in [1.54, 1.807) is 6.20 Å². The molecule has 112 valence electrons. The molecule has 0 aliphatic carbocycles. The van der Waals surface area contributed by atoms with Crippen molar-refractivity contribution in [2.45, 2.75) is 26.3 Å². The van der Waals surface area contributed by atoms with Gasteiger partial charge in [-0.25, -0.2) is 0 Å². The van der Waals surface area contributed by atoms with Gasteiger partial charge < -0.3 is 10.1 Å². The number of nitrogens with zero attached hydrogens (tertiary/aromatic N) is 1. The average molecular weight is 349 g/mol. The zero-order valence-electron chi connectivity index (χ0n) is 12.5. The molecule has 2 aromatic rings. The molecule has 0 saturated carbocycles. The van der Waals surface area contributed by atoms with Crippen molar-refractivity contribution in [3.05, 3.63) is 58.3 Å². The minimum Gasteiger partial charge on any atom is -0.492 e. The highest BCUT2D eigenvalue weighted by molar-refractivity contribution is 9.10. The van der Waals surface area contributed by atoms with E-state index in [-0.39, 0.29) is 6.04 Å². The van der Waals surface area contributed by atoms with Gasteiger partial charge in [-0.05, 0) is 43.1 Å². The molecule has 0 radical (unpaired) electrons. The third kappa shape index (κ3) is 4.29. The van der Waals surface area contributed by atoms with E-state index in [0.717, 1.165) is 28.8 Å². The van der Waals surface area contributed by atoms with Crippen molar-refractivity contribution in [1.29, 1.82) is 0 Å². The van der Waals surface area contributed by atoms with E-state index in [1.165, 1.54) is 5.56 Å². The molecule has 0 saturated heterocycles. The number of aromatic nitrogens is 1. The van der Waals surface area contributed by atoms with Crippen LogP contribution in [0.15, 0.2) is 47.2 Å². The molecular weight excluding hydrogens is 328 g/mol. The van der Waals surface area contributed by atoms with Crippen LogP contribution in [0.5, 0.6) is 5.75 Å². The molecule has 0 aliphatic rings. The molecule has 1 atom stereocenters. The summed E-state index contributed by atoms with van der Waals surface area (Å²) < 4.78 is 6.66. The molecule has 1 unspecified atom stereocenters. The number of ether oxygens (including phenoxy) is 1. The van der Waals surface area contributed by atoms with Crippen molar-refractivity contribution in [3.8, 4) is 5.75 Å². The largest absolute Gasteiger partial charge is 0.492 e. The van der Waals surface area contributed by atoms with Crippen LogP contribution in [-0.4, -0.2) is 18.1 Å².